The fourth-order valence-corrected chi connectivity index (χ4v) is 1.23. The minimum absolute atomic E-state index is 0.00694. The molecule has 0 heterocycles. The first-order chi connectivity index (χ1) is 4.54. The minimum atomic E-state index is -0.482. The molecule has 1 rings (SSSR count). The second-order valence-electron chi connectivity index (χ2n) is 3.84. The Bertz CT molecular complexity index is 118. The first kappa shape index (κ1) is 8.02. The van der Waals surface area contributed by atoms with Crippen molar-refractivity contribution in [2.24, 2.45) is 11.7 Å². The van der Waals surface area contributed by atoms with Crippen LogP contribution in [0.15, 0.2) is 0 Å². The van der Waals surface area contributed by atoms with Crippen LogP contribution in [0.25, 0.3) is 0 Å². The van der Waals surface area contributed by atoms with E-state index < -0.39 is 5.60 Å². The van der Waals surface area contributed by atoms with Gasteiger partial charge in [0.05, 0.1) is 5.60 Å². The molecule has 0 aromatic rings. The van der Waals surface area contributed by atoms with E-state index in [2.05, 4.69) is 13.8 Å². The molecule has 0 aromatic heterocycles. The summed E-state index contributed by atoms with van der Waals surface area (Å²) in [5.41, 5.74) is 5.28. The SMILES string of the molecule is CC(C)C[C@H](N)C1(O)CC1. The highest BCUT2D eigenvalue weighted by atomic mass is 16.3. The highest BCUT2D eigenvalue weighted by Gasteiger charge is 2.45. The zero-order chi connectivity index (χ0) is 7.78. The third kappa shape index (κ3) is 1.70. The van der Waals surface area contributed by atoms with Crippen LogP contribution >= 0.6 is 0 Å². The number of nitrogens with two attached hydrogens (primary N) is 1. The lowest BCUT2D eigenvalue weighted by Gasteiger charge is -2.19. The summed E-state index contributed by atoms with van der Waals surface area (Å²) in [5, 5.41) is 9.52. The van der Waals surface area contributed by atoms with E-state index in [0.717, 1.165) is 19.3 Å². The standard InChI is InChI=1S/C8H17NO/c1-6(2)5-7(9)8(10)3-4-8/h6-7,10H,3-5,9H2,1-2H3/t7-/m0/s1. The normalized spacial score (nSPS) is 24.9. The summed E-state index contributed by atoms with van der Waals surface area (Å²) in [6.07, 6.45) is 2.75. The molecule has 2 heteroatoms. The number of hydrogen-bond donors (Lipinski definition) is 2. The summed E-state index contributed by atoms with van der Waals surface area (Å²) in [6.45, 7) is 4.26. The molecule has 0 spiro atoms. The van der Waals surface area contributed by atoms with Gasteiger partial charge in [-0.1, -0.05) is 13.8 Å². The highest BCUT2D eigenvalue weighted by molar-refractivity contribution is 5.01. The Morgan fingerprint density at radius 1 is 1.50 bits per heavy atom. The van der Waals surface area contributed by atoms with Crippen LogP contribution in [0.5, 0.6) is 0 Å². The summed E-state index contributed by atoms with van der Waals surface area (Å²) in [6, 6.07) is 0.00694. The van der Waals surface area contributed by atoms with E-state index in [1.807, 2.05) is 0 Å². The maximum absolute atomic E-state index is 9.52. The topological polar surface area (TPSA) is 46.2 Å². The molecule has 1 aliphatic rings. The van der Waals surface area contributed by atoms with Crippen LogP contribution in [0.2, 0.25) is 0 Å². The van der Waals surface area contributed by atoms with Gasteiger partial charge in [0.2, 0.25) is 0 Å². The largest absolute Gasteiger partial charge is 0.388 e. The zero-order valence-electron chi connectivity index (χ0n) is 6.80. The lowest BCUT2D eigenvalue weighted by atomic mass is 9.99. The van der Waals surface area contributed by atoms with Gasteiger partial charge in [0.1, 0.15) is 0 Å². The Morgan fingerprint density at radius 2 is 2.00 bits per heavy atom. The third-order valence-electron chi connectivity index (χ3n) is 2.18. The van der Waals surface area contributed by atoms with Gasteiger partial charge in [-0.15, -0.1) is 0 Å². The van der Waals surface area contributed by atoms with Gasteiger partial charge in [-0.25, -0.2) is 0 Å². The predicted molar refractivity (Wildman–Crippen MR) is 41.6 cm³/mol. The van der Waals surface area contributed by atoms with E-state index in [9.17, 15) is 5.11 Å². The summed E-state index contributed by atoms with van der Waals surface area (Å²) in [4.78, 5) is 0. The second-order valence-corrected chi connectivity index (χ2v) is 3.84. The molecule has 0 aliphatic heterocycles. The van der Waals surface area contributed by atoms with Crippen molar-refractivity contribution in [1.82, 2.24) is 0 Å². The Kier molecular flexibility index (Phi) is 2.02. The molecule has 2 nitrogen and oxygen atoms in total. The van der Waals surface area contributed by atoms with Gasteiger partial charge in [-0.3, -0.25) is 0 Å². The Balaban J connectivity index is 2.28. The molecule has 1 atom stereocenters. The van der Waals surface area contributed by atoms with Crippen LogP contribution < -0.4 is 5.73 Å². The molecule has 3 N–H and O–H groups in total. The van der Waals surface area contributed by atoms with Gasteiger partial charge in [-0.2, -0.15) is 0 Å². The summed E-state index contributed by atoms with van der Waals surface area (Å²) in [7, 11) is 0. The van der Waals surface area contributed by atoms with E-state index in [4.69, 9.17) is 5.73 Å². The number of aliphatic hydroxyl groups is 1. The van der Waals surface area contributed by atoms with Crippen LogP contribution in [0, 0.1) is 5.92 Å². The van der Waals surface area contributed by atoms with Gasteiger partial charge < -0.3 is 10.8 Å². The first-order valence-corrected chi connectivity index (χ1v) is 4.02. The van der Waals surface area contributed by atoms with Crippen molar-refractivity contribution in [3.05, 3.63) is 0 Å². The maximum Gasteiger partial charge on any atom is 0.0800 e. The molecule has 10 heavy (non-hydrogen) atoms. The van der Waals surface area contributed by atoms with Crippen LogP contribution in [0.1, 0.15) is 33.1 Å². The van der Waals surface area contributed by atoms with Crippen molar-refractivity contribution in [3.63, 3.8) is 0 Å². The first-order valence-electron chi connectivity index (χ1n) is 4.02. The van der Waals surface area contributed by atoms with Gasteiger partial charge in [0.25, 0.3) is 0 Å². The number of rotatable bonds is 3. The van der Waals surface area contributed by atoms with E-state index in [-0.39, 0.29) is 6.04 Å². The molecule has 60 valence electrons. The Hall–Kier alpha value is -0.0800. The van der Waals surface area contributed by atoms with Crippen molar-refractivity contribution in [3.8, 4) is 0 Å². The lowest BCUT2D eigenvalue weighted by Crippen LogP contribution is -2.37. The average molecular weight is 143 g/mol. The van der Waals surface area contributed by atoms with Crippen molar-refractivity contribution < 1.29 is 5.11 Å². The van der Waals surface area contributed by atoms with Gasteiger partial charge >= 0.3 is 0 Å². The monoisotopic (exact) mass is 143 g/mol. The molecule has 0 aromatic carbocycles. The van der Waals surface area contributed by atoms with E-state index in [1.165, 1.54) is 0 Å². The molecule has 1 fully saturated rings. The smallest absolute Gasteiger partial charge is 0.0800 e. The van der Waals surface area contributed by atoms with Crippen molar-refractivity contribution >= 4 is 0 Å². The van der Waals surface area contributed by atoms with Crippen molar-refractivity contribution in [1.29, 1.82) is 0 Å². The zero-order valence-corrected chi connectivity index (χ0v) is 6.80. The summed E-state index contributed by atoms with van der Waals surface area (Å²) >= 11 is 0. The van der Waals surface area contributed by atoms with Crippen LogP contribution in [-0.4, -0.2) is 16.7 Å². The molecule has 0 amide bonds. The van der Waals surface area contributed by atoms with Crippen LogP contribution in [-0.2, 0) is 0 Å². The molecule has 0 unspecified atom stereocenters. The van der Waals surface area contributed by atoms with Crippen molar-refractivity contribution in [2.75, 3.05) is 0 Å². The van der Waals surface area contributed by atoms with Gasteiger partial charge in [0.15, 0.2) is 0 Å². The van der Waals surface area contributed by atoms with Gasteiger partial charge in [-0.05, 0) is 25.2 Å². The fraction of sp³-hybridized carbons (Fsp3) is 1.00. The van der Waals surface area contributed by atoms with Gasteiger partial charge in [0, 0.05) is 6.04 Å². The second kappa shape index (κ2) is 2.51. The minimum Gasteiger partial charge on any atom is -0.388 e. The molecule has 1 aliphatic carbocycles. The van der Waals surface area contributed by atoms with E-state index in [1.54, 1.807) is 0 Å². The average Bonchev–Trinajstić information content (AvgIpc) is 2.47. The Morgan fingerprint density at radius 3 is 2.30 bits per heavy atom. The quantitative estimate of drug-likeness (QED) is 0.616. The summed E-state index contributed by atoms with van der Waals surface area (Å²) < 4.78 is 0. The maximum atomic E-state index is 9.52. The Labute approximate surface area is 62.4 Å². The molecule has 0 bridgehead atoms. The highest BCUT2D eigenvalue weighted by Crippen LogP contribution is 2.39. The molecule has 0 saturated heterocycles. The fourth-order valence-electron chi connectivity index (χ4n) is 1.23. The molecular weight excluding hydrogens is 126 g/mol. The van der Waals surface area contributed by atoms with Crippen molar-refractivity contribution in [2.45, 2.75) is 44.8 Å². The van der Waals surface area contributed by atoms with E-state index in [0.29, 0.717) is 5.92 Å². The van der Waals surface area contributed by atoms with Crippen LogP contribution in [0.4, 0.5) is 0 Å². The third-order valence-corrected chi connectivity index (χ3v) is 2.18. The molecule has 1 saturated carbocycles. The summed E-state index contributed by atoms with van der Waals surface area (Å²) in [5.74, 6) is 0.597. The predicted octanol–water partition coefficient (Wildman–Crippen LogP) is 0.885. The van der Waals surface area contributed by atoms with E-state index >= 15 is 0 Å². The van der Waals surface area contributed by atoms with Crippen LogP contribution in [0.3, 0.4) is 0 Å². The lowest BCUT2D eigenvalue weighted by molar-refractivity contribution is 0.110. The molecule has 0 radical (unpaired) electrons. The molecular formula is C8H17NO. The number of hydrogen-bond acceptors (Lipinski definition) is 2.